The highest BCUT2D eigenvalue weighted by Crippen LogP contribution is 2.38. The van der Waals surface area contributed by atoms with Crippen molar-refractivity contribution in [1.82, 2.24) is 0 Å². The fourth-order valence-electron chi connectivity index (χ4n) is 2.04. The van der Waals surface area contributed by atoms with Crippen molar-refractivity contribution >= 4 is 11.9 Å². The number of hydrogen-bond donors (Lipinski definition) is 1. The van der Waals surface area contributed by atoms with Gasteiger partial charge in [-0.05, 0) is 18.4 Å². The molecule has 2 aliphatic carbocycles. The number of rotatable bonds is 4. The van der Waals surface area contributed by atoms with Gasteiger partial charge in [0.15, 0.2) is 0 Å². The molecular weight excluding hydrogens is 296 g/mol. The maximum absolute atomic E-state index is 11.4. The molecule has 2 fully saturated rings. The van der Waals surface area contributed by atoms with E-state index in [4.69, 9.17) is 20.4 Å². The summed E-state index contributed by atoms with van der Waals surface area (Å²) in [6, 6.07) is 13.5. The van der Waals surface area contributed by atoms with Crippen molar-refractivity contribution in [3.05, 3.63) is 35.9 Å². The van der Waals surface area contributed by atoms with Crippen molar-refractivity contribution in [2.45, 2.75) is 19.4 Å². The highest BCUT2D eigenvalue weighted by Gasteiger charge is 2.44. The summed E-state index contributed by atoms with van der Waals surface area (Å²) < 4.78 is 5.09. The Bertz CT molecular complexity index is 659. The van der Waals surface area contributed by atoms with E-state index in [1.54, 1.807) is 0 Å². The van der Waals surface area contributed by atoms with Crippen LogP contribution in [0.5, 0.6) is 0 Å². The minimum absolute atomic E-state index is 0.117. The van der Waals surface area contributed by atoms with Crippen LogP contribution in [0.1, 0.15) is 18.4 Å². The quantitative estimate of drug-likeness (QED) is 0.852. The van der Waals surface area contributed by atoms with E-state index in [2.05, 4.69) is 6.07 Å². The predicted octanol–water partition coefficient (Wildman–Crippen LogP) is 2.12. The molecule has 6 heteroatoms. The summed E-state index contributed by atoms with van der Waals surface area (Å²) in [5.41, 5.74) is 0.972. The minimum Gasteiger partial charge on any atom is -0.481 e. The number of benzene rings is 1. The minimum atomic E-state index is -0.837. The number of aliphatic carboxylic acids is 1. The van der Waals surface area contributed by atoms with Crippen LogP contribution in [0.4, 0.5) is 0 Å². The summed E-state index contributed by atoms with van der Waals surface area (Å²) in [6.07, 6.45) is 1.20. The van der Waals surface area contributed by atoms with Crippen LogP contribution in [-0.2, 0) is 20.9 Å². The fourth-order valence-corrected chi connectivity index (χ4v) is 2.04. The number of carboxylic acid groups (broad SMARTS) is 1. The third-order valence-electron chi connectivity index (χ3n) is 3.76. The number of ether oxygens (including phenoxy) is 1. The Kier molecular flexibility index (Phi) is 5.32. The van der Waals surface area contributed by atoms with Crippen molar-refractivity contribution in [3.8, 4) is 12.1 Å². The van der Waals surface area contributed by atoms with Gasteiger partial charge in [0.2, 0.25) is 0 Å². The van der Waals surface area contributed by atoms with Crippen LogP contribution in [-0.4, -0.2) is 17.0 Å². The van der Waals surface area contributed by atoms with E-state index in [-0.39, 0.29) is 29.6 Å². The second-order valence-corrected chi connectivity index (χ2v) is 5.59. The summed E-state index contributed by atoms with van der Waals surface area (Å²) in [7, 11) is 0. The van der Waals surface area contributed by atoms with E-state index in [9.17, 15) is 9.59 Å². The number of carboxylic acids is 1. The topological polar surface area (TPSA) is 111 Å². The molecule has 2 aliphatic rings. The first-order chi connectivity index (χ1) is 11.1. The highest BCUT2D eigenvalue weighted by atomic mass is 16.5. The molecule has 1 aromatic rings. The number of hydrogen-bond acceptors (Lipinski definition) is 5. The molecule has 0 unspecified atom stereocenters. The van der Waals surface area contributed by atoms with Crippen LogP contribution < -0.4 is 0 Å². The van der Waals surface area contributed by atoms with E-state index >= 15 is 0 Å². The molecule has 0 radical (unpaired) electrons. The average molecular weight is 312 g/mol. The largest absolute Gasteiger partial charge is 0.481 e. The zero-order chi connectivity index (χ0) is 16.8. The van der Waals surface area contributed by atoms with E-state index in [1.165, 1.54) is 0 Å². The number of esters is 1. The summed E-state index contributed by atoms with van der Waals surface area (Å²) in [6.45, 7) is 0.300. The molecular formula is C17H16N2O4. The number of carbonyl (C=O) groups excluding carboxylic acids is 1. The Morgan fingerprint density at radius 3 is 2.09 bits per heavy atom. The molecule has 0 saturated heterocycles. The molecule has 0 bridgehead atoms. The maximum Gasteiger partial charge on any atom is 0.310 e. The van der Waals surface area contributed by atoms with Crippen molar-refractivity contribution < 1.29 is 19.4 Å². The molecule has 118 valence electrons. The van der Waals surface area contributed by atoms with Crippen LogP contribution in [0.15, 0.2) is 30.3 Å². The van der Waals surface area contributed by atoms with Crippen molar-refractivity contribution in [3.63, 3.8) is 0 Å². The molecule has 4 atom stereocenters. The Balaban J connectivity index is 0.000000203. The van der Waals surface area contributed by atoms with Gasteiger partial charge in [-0.15, -0.1) is 0 Å². The maximum atomic E-state index is 11.4. The lowest BCUT2D eigenvalue weighted by Gasteiger charge is -2.03. The van der Waals surface area contributed by atoms with Crippen LogP contribution in [0.25, 0.3) is 0 Å². The molecule has 2 saturated carbocycles. The first-order valence-electron chi connectivity index (χ1n) is 7.29. The van der Waals surface area contributed by atoms with Crippen LogP contribution in [0, 0.1) is 46.3 Å². The first kappa shape index (κ1) is 16.5. The number of nitrogens with zero attached hydrogens (tertiary/aromatic N) is 2. The van der Waals surface area contributed by atoms with Gasteiger partial charge in [-0.2, -0.15) is 10.5 Å². The first-order valence-corrected chi connectivity index (χ1v) is 7.29. The van der Waals surface area contributed by atoms with Crippen LogP contribution in [0.2, 0.25) is 0 Å². The molecule has 6 nitrogen and oxygen atoms in total. The Labute approximate surface area is 133 Å². The van der Waals surface area contributed by atoms with E-state index in [0.29, 0.717) is 19.4 Å². The second kappa shape index (κ2) is 7.42. The molecule has 1 N–H and O–H groups in total. The Morgan fingerprint density at radius 1 is 1.09 bits per heavy atom. The molecule has 0 amide bonds. The molecule has 3 rings (SSSR count). The fraction of sp³-hybridized carbons (Fsp3) is 0.412. The summed E-state index contributed by atoms with van der Waals surface area (Å²) in [5.74, 6) is -1.94. The Hall–Kier alpha value is -2.86. The average Bonchev–Trinajstić information content (AvgIpc) is 3.47. The predicted molar refractivity (Wildman–Crippen MR) is 78.3 cm³/mol. The van der Waals surface area contributed by atoms with E-state index in [0.717, 1.165) is 5.56 Å². The molecule has 0 aromatic heterocycles. The normalized spacial score (nSPS) is 26.5. The third kappa shape index (κ3) is 4.82. The van der Waals surface area contributed by atoms with Gasteiger partial charge in [-0.25, -0.2) is 0 Å². The van der Waals surface area contributed by atoms with Crippen LogP contribution in [0.3, 0.4) is 0 Å². The molecule has 0 spiro atoms. The summed E-state index contributed by atoms with van der Waals surface area (Å²) >= 11 is 0. The highest BCUT2D eigenvalue weighted by molar-refractivity contribution is 5.76. The molecule has 0 aliphatic heterocycles. The van der Waals surface area contributed by atoms with Gasteiger partial charge in [0, 0.05) is 0 Å². The molecule has 1 aromatic carbocycles. The summed E-state index contributed by atoms with van der Waals surface area (Å²) in [5, 5.41) is 24.9. The van der Waals surface area contributed by atoms with Gasteiger partial charge in [-0.3, -0.25) is 9.59 Å². The number of carbonyl (C=O) groups is 2. The Morgan fingerprint density at radius 2 is 1.65 bits per heavy atom. The van der Waals surface area contributed by atoms with Crippen LogP contribution >= 0.6 is 0 Å². The lowest BCUT2D eigenvalue weighted by Crippen LogP contribution is -2.07. The smallest absolute Gasteiger partial charge is 0.310 e. The van der Waals surface area contributed by atoms with Gasteiger partial charge < -0.3 is 9.84 Å². The van der Waals surface area contributed by atoms with Gasteiger partial charge in [0.05, 0.1) is 35.8 Å². The van der Waals surface area contributed by atoms with Gasteiger partial charge >= 0.3 is 11.9 Å². The monoisotopic (exact) mass is 312 g/mol. The van der Waals surface area contributed by atoms with Crippen molar-refractivity contribution in [2.75, 3.05) is 0 Å². The standard InChI is InChI=1S/C12H11NO2.C5H5NO2/c13-7-10-6-11(10)12(14)15-8-9-4-2-1-3-5-9;6-2-3-1-4(3)5(7)8/h1-5,10-11H,6,8H2;3-4H,1H2,(H,7,8)/t10-,11+;3-,4+/m00/s1. The van der Waals surface area contributed by atoms with E-state index < -0.39 is 5.97 Å². The lowest BCUT2D eigenvalue weighted by molar-refractivity contribution is -0.146. The SMILES string of the molecule is N#C[C@@H]1C[C@H]1C(=O)O.N#C[C@@H]1C[C@H]1C(=O)OCc1ccccc1. The summed E-state index contributed by atoms with van der Waals surface area (Å²) in [4.78, 5) is 21.4. The lowest BCUT2D eigenvalue weighted by atomic mass is 10.2. The van der Waals surface area contributed by atoms with Gasteiger partial charge in [0.1, 0.15) is 6.61 Å². The van der Waals surface area contributed by atoms with E-state index in [1.807, 2.05) is 36.4 Å². The number of nitriles is 2. The molecule has 23 heavy (non-hydrogen) atoms. The zero-order valence-electron chi connectivity index (χ0n) is 12.4. The van der Waals surface area contributed by atoms with Gasteiger partial charge in [-0.1, -0.05) is 30.3 Å². The van der Waals surface area contributed by atoms with Crippen molar-refractivity contribution in [1.29, 1.82) is 10.5 Å². The zero-order valence-corrected chi connectivity index (χ0v) is 12.4. The third-order valence-corrected chi connectivity index (χ3v) is 3.76. The van der Waals surface area contributed by atoms with Crippen molar-refractivity contribution in [2.24, 2.45) is 23.7 Å². The van der Waals surface area contributed by atoms with Gasteiger partial charge in [0.25, 0.3) is 0 Å². The second-order valence-electron chi connectivity index (χ2n) is 5.59. The molecule has 0 heterocycles.